The van der Waals surface area contributed by atoms with Crippen LogP contribution in [0, 0.1) is 6.92 Å². The molecule has 0 aliphatic carbocycles. The number of ether oxygens (including phenoxy) is 1. The first-order valence-electron chi connectivity index (χ1n) is 10.00. The van der Waals surface area contributed by atoms with E-state index in [-0.39, 0.29) is 5.91 Å². The van der Waals surface area contributed by atoms with Crippen molar-refractivity contribution in [2.24, 2.45) is 0 Å². The summed E-state index contributed by atoms with van der Waals surface area (Å²) in [6.45, 7) is 7.85. The fourth-order valence-electron chi connectivity index (χ4n) is 3.18. The Hall–Kier alpha value is -2.67. The zero-order chi connectivity index (χ0) is 19.8. The summed E-state index contributed by atoms with van der Waals surface area (Å²) in [5.41, 5.74) is 2.91. The van der Waals surface area contributed by atoms with E-state index >= 15 is 0 Å². The molecule has 1 aliphatic heterocycles. The first kappa shape index (κ1) is 20.1. The average molecular weight is 383 g/mol. The van der Waals surface area contributed by atoms with Gasteiger partial charge in [0.25, 0.3) is 5.91 Å². The highest BCUT2D eigenvalue weighted by Gasteiger charge is 2.17. The van der Waals surface area contributed by atoms with Crippen LogP contribution in [0.4, 0.5) is 17.3 Å². The quantitative estimate of drug-likeness (QED) is 0.680. The minimum atomic E-state index is -0.234. The lowest BCUT2D eigenvalue weighted by atomic mass is 10.2. The van der Waals surface area contributed by atoms with E-state index in [1.165, 1.54) is 0 Å². The summed E-state index contributed by atoms with van der Waals surface area (Å²) in [4.78, 5) is 23.9. The molecule has 2 N–H and O–H groups in total. The van der Waals surface area contributed by atoms with Crippen molar-refractivity contribution < 1.29 is 9.53 Å². The number of morpholine rings is 1. The third-order valence-electron chi connectivity index (χ3n) is 4.65. The maximum Gasteiger partial charge on any atom is 0.274 e. The molecule has 2 heterocycles. The van der Waals surface area contributed by atoms with E-state index in [1.807, 2.05) is 31.2 Å². The highest BCUT2D eigenvalue weighted by molar-refractivity contribution is 6.04. The van der Waals surface area contributed by atoms with E-state index in [0.717, 1.165) is 56.0 Å². The van der Waals surface area contributed by atoms with E-state index in [0.29, 0.717) is 24.9 Å². The molecule has 1 aromatic heterocycles. The smallest absolute Gasteiger partial charge is 0.274 e. The van der Waals surface area contributed by atoms with Gasteiger partial charge in [0.1, 0.15) is 5.69 Å². The lowest BCUT2D eigenvalue weighted by molar-refractivity contribution is 0.102. The maximum absolute atomic E-state index is 12.9. The number of aromatic nitrogens is 2. The van der Waals surface area contributed by atoms with Gasteiger partial charge in [-0.2, -0.15) is 0 Å². The zero-order valence-electron chi connectivity index (χ0n) is 16.7. The molecule has 1 fully saturated rings. The van der Waals surface area contributed by atoms with Crippen LogP contribution in [0.1, 0.15) is 42.4 Å². The molecule has 28 heavy (non-hydrogen) atoms. The summed E-state index contributed by atoms with van der Waals surface area (Å²) in [5.74, 6) is 0.269. The molecule has 0 atom stereocenters. The van der Waals surface area contributed by atoms with Gasteiger partial charge in [0.15, 0.2) is 0 Å². The van der Waals surface area contributed by atoms with E-state index in [4.69, 9.17) is 4.74 Å². The van der Waals surface area contributed by atoms with Crippen molar-refractivity contribution >= 4 is 23.2 Å². The summed E-state index contributed by atoms with van der Waals surface area (Å²) in [7, 11) is 0. The molecule has 1 aromatic carbocycles. The summed E-state index contributed by atoms with van der Waals surface area (Å²) in [6, 6.07) is 9.55. The van der Waals surface area contributed by atoms with E-state index in [1.54, 1.807) is 6.07 Å². The number of carbonyl (C=O) groups is 1. The SMILES string of the molecule is CCCCCNc1nc(C)cc(C(=O)Nc2ccccc2N2CCOCC2)n1. The number of unbranched alkanes of at least 4 members (excludes halogenated alkanes) is 2. The molecule has 0 saturated carbocycles. The lowest BCUT2D eigenvalue weighted by Crippen LogP contribution is -2.36. The molecule has 150 valence electrons. The lowest BCUT2D eigenvalue weighted by Gasteiger charge is -2.30. The van der Waals surface area contributed by atoms with Crippen LogP contribution < -0.4 is 15.5 Å². The van der Waals surface area contributed by atoms with Crippen LogP contribution in [0.15, 0.2) is 30.3 Å². The van der Waals surface area contributed by atoms with Crippen molar-refractivity contribution in [3.05, 3.63) is 41.7 Å². The van der Waals surface area contributed by atoms with Gasteiger partial charge in [-0.3, -0.25) is 4.79 Å². The van der Waals surface area contributed by atoms with Crippen LogP contribution in [0.25, 0.3) is 0 Å². The number of amides is 1. The molecular formula is C21H29N5O2. The topological polar surface area (TPSA) is 79.4 Å². The Morgan fingerprint density at radius 1 is 1.18 bits per heavy atom. The summed E-state index contributed by atoms with van der Waals surface area (Å²) >= 11 is 0. The predicted octanol–water partition coefficient (Wildman–Crippen LogP) is 3.48. The number of hydrogen-bond acceptors (Lipinski definition) is 6. The van der Waals surface area contributed by atoms with Crippen LogP contribution in [-0.4, -0.2) is 48.7 Å². The zero-order valence-corrected chi connectivity index (χ0v) is 16.7. The fraction of sp³-hybridized carbons (Fsp3) is 0.476. The first-order valence-corrected chi connectivity index (χ1v) is 10.00. The van der Waals surface area contributed by atoms with Crippen molar-refractivity contribution in [2.75, 3.05) is 48.4 Å². The number of aryl methyl sites for hydroxylation is 1. The Bertz CT molecular complexity index is 790. The Balaban J connectivity index is 1.72. The monoisotopic (exact) mass is 383 g/mol. The van der Waals surface area contributed by atoms with Gasteiger partial charge in [-0.05, 0) is 31.5 Å². The van der Waals surface area contributed by atoms with Gasteiger partial charge in [0.2, 0.25) is 5.95 Å². The molecular weight excluding hydrogens is 354 g/mol. The fourth-order valence-corrected chi connectivity index (χ4v) is 3.18. The second kappa shape index (κ2) is 10.0. The third kappa shape index (κ3) is 5.42. The van der Waals surface area contributed by atoms with Gasteiger partial charge in [-0.1, -0.05) is 31.9 Å². The molecule has 3 rings (SSSR count). The molecule has 7 nitrogen and oxygen atoms in total. The predicted molar refractivity (Wildman–Crippen MR) is 112 cm³/mol. The van der Waals surface area contributed by atoms with Crippen LogP contribution in [0.2, 0.25) is 0 Å². The second-order valence-electron chi connectivity index (χ2n) is 6.92. The van der Waals surface area contributed by atoms with Gasteiger partial charge >= 0.3 is 0 Å². The van der Waals surface area contributed by atoms with Crippen molar-refractivity contribution in [3.8, 4) is 0 Å². The van der Waals surface area contributed by atoms with E-state index < -0.39 is 0 Å². The summed E-state index contributed by atoms with van der Waals surface area (Å²) < 4.78 is 5.43. The Morgan fingerprint density at radius 2 is 1.96 bits per heavy atom. The van der Waals surface area contributed by atoms with Crippen molar-refractivity contribution in [1.82, 2.24) is 9.97 Å². The van der Waals surface area contributed by atoms with Gasteiger partial charge in [-0.25, -0.2) is 9.97 Å². The van der Waals surface area contributed by atoms with Gasteiger partial charge < -0.3 is 20.3 Å². The Kier molecular flexibility index (Phi) is 7.19. The number of nitrogens with one attached hydrogen (secondary N) is 2. The van der Waals surface area contributed by atoms with Crippen LogP contribution >= 0.6 is 0 Å². The third-order valence-corrected chi connectivity index (χ3v) is 4.65. The number of benzene rings is 1. The molecule has 0 radical (unpaired) electrons. The molecule has 2 aromatic rings. The number of carbonyl (C=O) groups excluding carboxylic acids is 1. The molecule has 7 heteroatoms. The standard InChI is InChI=1S/C21H29N5O2/c1-3-4-7-10-22-21-23-16(2)15-18(25-21)20(27)24-17-8-5-6-9-19(17)26-11-13-28-14-12-26/h5-6,8-9,15H,3-4,7,10-14H2,1-2H3,(H,24,27)(H,22,23,25). The van der Waals surface area contributed by atoms with Gasteiger partial charge in [-0.15, -0.1) is 0 Å². The summed E-state index contributed by atoms with van der Waals surface area (Å²) in [5, 5.41) is 6.23. The van der Waals surface area contributed by atoms with Crippen molar-refractivity contribution in [2.45, 2.75) is 33.1 Å². The summed E-state index contributed by atoms with van der Waals surface area (Å²) in [6.07, 6.45) is 3.37. The molecule has 0 bridgehead atoms. The van der Waals surface area contributed by atoms with E-state index in [9.17, 15) is 4.79 Å². The van der Waals surface area contributed by atoms with Crippen LogP contribution in [0.5, 0.6) is 0 Å². The number of para-hydroxylation sites is 2. The van der Waals surface area contributed by atoms with Crippen molar-refractivity contribution in [1.29, 1.82) is 0 Å². The number of anilines is 3. The van der Waals surface area contributed by atoms with Gasteiger partial charge in [0.05, 0.1) is 24.6 Å². The second-order valence-corrected chi connectivity index (χ2v) is 6.92. The van der Waals surface area contributed by atoms with Crippen LogP contribution in [0.3, 0.4) is 0 Å². The number of nitrogens with zero attached hydrogens (tertiary/aromatic N) is 3. The molecule has 0 unspecified atom stereocenters. The molecule has 1 amide bonds. The number of rotatable bonds is 8. The molecule has 1 aliphatic rings. The van der Waals surface area contributed by atoms with Crippen LogP contribution in [-0.2, 0) is 4.74 Å². The maximum atomic E-state index is 12.9. The van der Waals surface area contributed by atoms with Crippen molar-refractivity contribution in [3.63, 3.8) is 0 Å². The normalized spacial score (nSPS) is 14.0. The minimum absolute atomic E-state index is 0.234. The molecule has 1 saturated heterocycles. The minimum Gasteiger partial charge on any atom is -0.378 e. The largest absolute Gasteiger partial charge is 0.378 e. The number of hydrogen-bond donors (Lipinski definition) is 2. The molecule has 0 spiro atoms. The highest BCUT2D eigenvalue weighted by Crippen LogP contribution is 2.26. The van der Waals surface area contributed by atoms with Gasteiger partial charge in [0, 0.05) is 25.3 Å². The Morgan fingerprint density at radius 3 is 2.75 bits per heavy atom. The highest BCUT2D eigenvalue weighted by atomic mass is 16.5. The Labute approximate surface area is 166 Å². The van der Waals surface area contributed by atoms with E-state index in [2.05, 4.69) is 32.4 Å². The average Bonchev–Trinajstić information content (AvgIpc) is 2.72. The first-order chi connectivity index (χ1) is 13.7.